The molecule has 1 aliphatic rings. The predicted molar refractivity (Wildman–Crippen MR) is 163 cm³/mol. The van der Waals surface area contributed by atoms with Crippen molar-refractivity contribution in [1.29, 1.82) is 0 Å². The molecule has 1 amide bonds. The highest BCUT2D eigenvalue weighted by Gasteiger charge is 2.42. The van der Waals surface area contributed by atoms with Gasteiger partial charge in [-0.05, 0) is 80.2 Å². The average molecular weight is 587 g/mol. The second kappa shape index (κ2) is 12.0. The summed E-state index contributed by atoms with van der Waals surface area (Å²) in [6.45, 7) is 3.89. The molecule has 0 bridgehead atoms. The van der Waals surface area contributed by atoms with Gasteiger partial charge in [0.25, 0.3) is 5.69 Å². The van der Waals surface area contributed by atoms with Crippen LogP contribution in [0.25, 0.3) is 5.69 Å². The summed E-state index contributed by atoms with van der Waals surface area (Å²) in [5.74, 6) is 0.263. The molecule has 0 radical (unpaired) electrons. The van der Waals surface area contributed by atoms with Gasteiger partial charge in [0.1, 0.15) is 12.4 Å². The van der Waals surface area contributed by atoms with E-state index in [4.69, 9.17) is 21.7 Å². The van der Waals surface area contributed by atoms with E-state index in [0.29, 0.717) is 22.2 Å². The quantitative estimate of drug-likeness (QED) is 0.155. The minimum atomic E-state index is -0.419. The van der Waals surface area contributed by atoms with Gasteiger partial charge < -0.3 is 29.6 Å². The van der Waals surface area contributed by atoms with Gasteiger partial charge >= 0.3 is 0 Å². The fourth-order valence-electron chi connectivity index (χ4n) is 5.41. The van der Waals surface area contributed by atoms with Crippen molar-refractivity contribution in [2.45, 2.75) is 25.9 Å². The summed E-state index contributed by atoms with van der Waals surface area (Å²) in [4.78, 5) is 29.9. The molecule has 2 aromatic carbocycles. The van der Waals surface area contributed by atoms with Crippen molar-refractivity contribution < 1.29 is 19.2 Å². The number of nitrogens with one attached hydrogen (secondary N) is 2. The largest absolute Gasteiger partial charge is 0.495 e. The molecule has 0 saturated carbocycles. The highest BCUT2D eigenvalue weighted by Crippen LogP contribution is 2.44. The van der Waals surface area contributed by atoms with E-state index in [1.165, 1.54) is 19.2 Å². The number of nitrogens with zero attached hydrogens (tertiary/aromatic N) is 4. The Morgan fingerprint density at radius 3 is 2.52 bits per heavy atom. The second-order valence-corrected chi connectivity index (χ2v) is 10.2. The van der Waals surface area contributed by atoms with Gasteiger partial charge in [0.05, 0.1) is 35.5 Å². The first kappa shape index (κ1) is 28.7. The van der Waals surface area contributed by atoms with Crippen molar-refractivity contribution in [3.8, 4) is 11.4 Å². The number of nitro benzene ring substituents is 1. The van der Waals surface area contributed by atoms with Gasteiger partial charge in [0, 0.05) is 48.2 Å². The Morgan fingerprint density at radius 1 is 1.12 bits per heavy atom. The van der Waals surface area contributed by atoms with Crippen molar-refractivity contribution in [3.05, 3.63) is 106 Å². The lowest BCUT2D eigenvalue weighted by atomic mass is 9.96. The van der Waals surface area contributed by atoms with Gasteiger partial charge in [0.2, 0.25) is 5.91 Å². The van der Waals surface area contributed by atoms with Crippen molar-refractivity contribution >= 4 is 40.3 Å². The zero-order valence-corrected chi connectivity index (χ0v) is 24.3. The van der Waals surface area contributed by atoms with E-state index in [1.807, 2.05) is 65.8 Å². The monoisotopic (exact) mass is 586 g/mol. The number of methoxy groups -OCH3 is 2. The van der Waals surface area contributed by atoms with Crippen LogP contribution in [0.5, 0.6) is 5.75 Å². The third kappa shape index (κ3) is 5.41. The number of amides is 1. The number of aromatic nitrogens is 2. The fourth-order valence-corrected chi connectivity index (χ4v) is 5.75. The maximum absolute atomic E-state index is 12.0. The molecular weight excluding hydrogens is 556 g/mol. The van der Waals surface area contributed by atoms with Crippen LogP contribution in [-0.2, 0) is 9.53 Å². The molecular formula is C30H30N6O5S. The van der Waals surface area contributed by atoms with Gasteiger partial charge in [-0.15, -0.1) is 0 Å². The van der Waals surface area contributed by atoms with Crippen molar-refractivity contribution in [3.63, 3.8) is 0 Å². The van der Waals surface area contributed by atoms with Gasteiger partial charge in [-0.25, -0.2) is 0 Å². The molecule has 1 aliphatic heterocycles. The number of thiocarbonyl (C=S) groups is 1. The van der Waals surface area contributed by atoms with Crippen LogP contribution in [0.15, 0.2) is 72.9 Å². The van der Waals surface area contributed by atoms with Crippen molar-refractivity contribution in [1.82, 2.24) is 14.9 Å². The highest BCUT2D eigenvalue weighted by atomic mass is 32.1. The molecule has 3 heterocycles. The number of nitro groups is 1. The molecule has 0 spiro atoms. The SMILES string of the molecule is COCC(=O)Nc1ccc(N2C(=S)N[C@H](c3ccccn3)[C@@H]2c2cc(C)n(-c3cc([N+](=O)[O-])ccc3OC)c2C)cc1. The number of anilines is 2. The van der Waals surface area contributed by atoms with Gasteiger partial charge in [0.15, 0.2) is 5.11 Å². The summed E-state index contributed by atoms with van der Waals surface area (Å²) in [6.07, 6.45) is 1.74. The maximum Gasteiger partial charge on any atom is 0.271 e. The van der Waals surface area contributed by atoms with Crippen molar-refractivity contribution in [2.24, 2.45) is 0 Å². The number of carbonyl (C=O) groups is 1. The van der Waals surface area contributed by atoms with Crippen LogP contribution in [0.4, 0.5) is 17.1 Å². The molecule has 2 atom stereocenters. The molecule has 0 aliphatic carbocycles. The van der Waals surface area contributed by atoms with E-state index in [0.717, 1.165) is 28.3 Å². The summed E-state index contributed by atoms with van der Waals surface area (Å²) >= 11 is 5.87. The molecule has 12 heteroatoms. The van der Waals surface area contributed by atoms with Gasteiger partial charge in [-0.2, -0.15) is 0 Å². The lowest BCUT2D eigenvalue weighted by molar-refractivity contribution is -0.384. The van der Waals surface area contributed by atoms with Gasteiger partial charge in [-0.1, -0.05) is 6.07 Å². The molecule has 0 unspecified atom stereocenters. The van der Waals surface area contributed by atoms with Crippen LogP contribution < -0.4 is 20.3 Å². The molecule has 216 valence electrons. The topological polar surface area (TPSA) is 124 Å². The molecule has 5 rings (SSSR count). The van der Waals surface area contributed by atoms with Crippen LogP contribution in [0.1, 0.15) is 34.7 Å². The number of hydrogen-bond acceptors (Lipinski definition) is 7. The zero-order chi connectivity index (χ0) is 30.0. The summed E-state index contributed by atoms with van der Waals surface area (Å²) in [5.41, 5.74) is 5.50. The maximum atomic E-state index is 12.0. The van der Waals surface area contributed by atoms with E-state index in [-0.39, 0.29) is 30.3 Å². The minimum absolute atomic E-state index is 0.0331. The molecule has 2 aromatic heterocycles. The second-order valence-electron chi connectivity index (χ2n) is 9.80. The van der Waals surface area contributed by atoms with E-state index in [2.05, 4.69) is 21.7 Å². The van der Waals surface area contributed by atoms with Crippen LogP contribution in [0.3, 0.4) is 0 Å². The predicted octanol–water partition coefficient (Wildman–Crippen LogP) is 5.17. The Kier molecular flexibility index (Phi) is 8.18. The van der Waals surface area contributed by atoms with Crippen molar-refractivity contribution in [2.75, 3.05) is 31.0 Å². The average Bonchev–Trinajstić information content (AvgIpc) is 3.48. The third-order valence-corrected chi connectivity index (χ3v) is 7.52. The standard InChI is InChI=1S/C30H30N6O5S/c1-18-15-23(19(2)34(18)25-16-22(36(38)39)12-13-26(25)41-4)29-28(24-7-5-6-14-31-24)33-30(42)35(29)21-10-8-20(9-11-21)32-27(37)17-40-3/h5-16,28-29H,17H2,1-4H3,(H,32,37)(H,33,42)/t28-,29+/m1/s1. The first-order chi connectivity index (χ1) is 20.2. The molecule has 11 nitrogen and oxygen atoms in total. The summed E-state index contributed by atoms with van der Waals surface area (Å²) < 4.78 is 12.5. The van der Waals surface area contributed by atoms with E-state index >= 15 is 0 Å². The summed E-state index contributed by atoms with van der Waals surface area (Å²) in [5, 5.41) is 18.4. The third-order valence-electron chi connectivity index (χ3n) is 7.21. The fraction of sp³-hybridized carbons (Fsp3) is 0.233. The Labute approximate surface area is 248 Å². The molecule has 1 saturated heterocycles. The van der Waals surface area contributed by atoms with Crippen LogP contribution in [0, 0.1) is 24.0 Å². The van der Waals surface area contributed by atoms with Gasteiger partial charge in [-0.3, -0.25) is 19.9 Å². The number of carbonyl (C=O) groups excluding carboxylic acids is 1. The molecule has 4 aromatic rings. The zero-order valence-electron chi connectivity index (χ0n) is 23.5. The van der Waals surface area contributed by atoms with Crippen LogP contribution in [-0.4, -0.2) is 46.3 Å². The lowest BCUT2D eigenvalue weighted by Gasteiger charge is -2.28. The molecule has 1 fully saturated rings. The number of benzene rings is 2. The Balaban J connectivity index is 1.62. The number of ether oxygens (including phenoxy) is 2. The first-order valence-corrected chi connectivity index (χ1v) is 13.6. The smallest absolute Gasteiger partial charge is 0.271 e. The Bertz CT molecular complexity index is 1640. The summed E-state index contributed by atoms with van der Waals surface area (Å²) in [7, 11) is 3.01. The number of non-ortho nitro benzene ring substituents is 1. The molecule has 2 N–H and O–H groups in total. The van der Waals surface area contributed by atoms with Crippen LogP contribution >= 0.6 is 12.2 Å². The summed E-state index contributed by atoms with van der Waals surface area (Å²) in [6, 6.07) is 19.2. The lowest BCUT2D eigenvalue weighted by Crippen LogP contribution is -2.29. The minimum Gasteiger partial charge on any atom is -0.495 e. The van der Waals surface area contributed by atoms with E-state index in [9.17, 15) is 14.9 Å². The first-order valence-electron chi connectivity index (χ1n) is 13.1. The number of pyridine rings is 1. The van der Waals surface area contributed by atoms with Crippen LogP contribution in [0.2, 0.25) is 0 Å². The van der Waals surface area contributed by atoms with E-state index < -0.39 is 4.92 Å². The Hall–Kier alpha value is -4.81. The Morgan fingerprint density at radius 2 is 1.88 bits per heavy atom. The normalized spacial score (nSPS) is 16.3. The highest BCUT2D eigenvalue weighted by molar-refractivity contribution is 7.80. The number of hydrogen-bond donors (Lipinski definition) is 2. The molecule has 42 heavy (non-hydrogen) atoms. The van der Waals surface area contributed by atoms with E-state index in [1.54, 1.807) is 19.4 Å². The number of aryl methyl sites for hydroxylation is 1. The number of rotatable bonds is 9.